The number of benzene rings is 2. The van der Waals surface area contributed by atoms with Crippen LogP contribution in [0.3, 0.4) is 0 Å². The van der Waals surface area contributed by atoms with Crippen molar-refractivity contribution in [3.05, 3.63) is 85.8 Å². The van der Waals surface area contributed by atoms with Crippen molar-refractivity contribution in [1.82, 2.24) is 9.97 Å². The molecule has 10 nitrogen and oxygen atoms in total. The number of nitro groups is 1. The van der Waals surface area contributed by atoms with Crippen LogP contribution in [0.15, 0.2) is 58.4 Å². The second-order valence-corrected chi connectivity index (χ2v) is 6.41. The van der Waals surface area contributed by atoms with Crippen molar-refractivity contribution in [3.8, 4) is 11.5 Å². The van der Waals surface area contributed by atoms with Gasteiger partial charge in [-0.2, -0.15) is 5.10 Å². The van der Waals surface area contributed by atoms with Gasteiger partial charge in [0.15, 0.2) is 5.75 Å². The number of rotatable bonds is 9. The highest BCUT2D eigenvalue weighted by molar-refractivity contribution is 5.83. The molecule has 0 spiro atoms. The lowest BCUT2D eigenvalue weighted by molar-refractivity contribution is -0.386. The van der Waals surface area contributed by atoms with Crippen molar-refractivity contribution < 1.29 is 14.4 Å². The van der Waals surface area contributed by atoms with Crippen LogP contribution in [0.25, 0.3) is 0 Å². The molecule has 0 aliphatic heterocycles. The van der Waals surface area contributed by atoms with Gasteiger partial charge < -0.3 is 9.47 Å². The topological polar surface area (TPSA) is 132 Å². The van der Waals surface area contributed by atoms with Crippen LogP contribution < -0.4 is 20.5 Å². The first kappa shape index (κ1) is 21.5. The minimum atomic E-state index is -0.544. The molecule has 0 atom stereocenters. The monoisotopic (exact) mass is 423 g/mol. The van der Waals surface area contributed by atoms with E-state index in [9.17, 15) is 14.9 Å². The van der Waals surface area contributed by atoms with Crippen molar-refractivity contribution in [2.45, 2.75) is 20.0 Å². The molecule has 0 amide bonds. The molecule has 0 radical (unpaired) electrons. The lowest BCUT2D eigenvalue weighted by Crippen LogP contribution is -2.11. The second-order valence-electron chi connectivity index (χ2n) is 6.41. The van der Waals surface area contributed by atoms with Crippen LogP contribution in [-0.2, 0) is 13.0 Å². The molecule has 0 saturated heterocycles. The largest absolute Gasteiger partial charge is 0.493 e. The highest BCUT2D eigenvalue weighted by atomic mass is 16.6. The molecular formula is C21H21N5O5. The third kappa shape index (κ3) is 5.66. The van der Waals surface area contributed by atoms with Crippen molar-refractivity contribution >= 4 is 17.9 Å². The number of nitrogens with one attached hydrogen (secondary N) is 2. The Hall–Kier alpha value is -4.21. The third-order valence-corrected chi connectivity index (χ3v) is 4.24. The molecule has 2 aromatic carbocycles. The van der Waals surface area contributed by atoms with E-state index in [0.717, 1.165) is 5.56 Å². The Morgan fingerprint density at radius 1 is 1.26 bits per heavy atom. The number of aromatic amines is 1. The molecule has 0 bridgehead atoms. The Balaban J connectivity index is 1.83. The van der Waals surface area contributed by atoms with Gasteiger partial charge in [0.25, 0.3) is 5.56 Å². The standard InChI is InChI=1S/C21H21N5O5/c1-3-16-11-19(27)24-21(23-16)25-22-12-15-9-17(26(28)29)20(18(10-15)30-2)31-13-14-7-5-4-6-8-14/h4-12H,3,13H2,1-2H3,(H2,23,24,25,27)/b22-12-. The molecular weight excluding hydrogens is 402 g/mol. The number of aromatic nitrogens is 2. The van der Waals surface area contributed by atoms with Gasteiger partial charge in [0.05, 0.1) is 18.2 Å². The van der Waals surface area contributed by atoms with Gasteiger partial charge in [-0.25, -0.2) is 10.4 Å². The van der Waals surface area contributed by atoms with Crippen LogP contribution in [0.5, 0.6) is 11.5 Å². The molecule has 3 rings (SSSR count). The Bertz CT molecular complexity index is 1140. The summed E-state index contributed by atoms with van der Waals surface area (Å²) < 4.78 is 11.0. The maximum absolute atomic E-state index is 11.6. The van der Waals surface area contributed by atoms with Gasteiger partial charge in [0, 0.05) is 23.4 Å². The van der Waals surface area contributed by atoms with E-state index in [0.29, 0.717) is 17.7 Å². The van der Waals surface area contributed by atoms with Crippen LogP contribution in [-0.4, -0.2) is 28.2 Å². The van der Waals surface area contributed by atoms with Gasteiger partial charge in [-0.1, -0.05) is 37.3 Å². The first-order chi connectivity index (χ1) is 15.0. The van der Waals surface area contributed by atoms with Crippen LogP contribution in [0.4, 0.5) is 11.6 Å². The first-order valence-electron chi connectivity index (χ1n) is 9.42. The number of nitrogens with zero attached hydrogens (tertiary/aromatic N) is 3. The fourth-order valence-electron chi connectivity index (χ4n) is 2.75. The van der Waals surface area contributed by atoms with Crippen LogP contribution >= 0.6 is 0 Å². The van der Waals surface area contributed by atoms with Crippen molar-refractivity contribution in [2.75, 3.05) is 12.5 Å². The molecule has 1 aromatic heterocycles. The number of H-pyrrole nitrogens is 1. The fourth-order valence-corrected chi connectivity index (χ4v) is 2.75. The predicted molar refractivity (Wildman–Crippen MR) is 116 cm³/mol. The maximum Gasteiger partial charge on any atom is 0.315 e. The number of ether oxygens (including phenoxy) is 2. The zero-order chi connectivity index (χ0) is 22.2. The Morgan fingerprint density at radius 3 is 2.71 bits per heavy atom. The molecule has 31 heavy (non-hydrogen) atoms. The van der Waals surface area contributed by atoms with E-state index in [1.807, 2.05) is 37.3 Å². The van der Waals surface area contributed by atoms with E-state index in [1.165, 1.54) is 25.5 Å². The number of hydrogen-bond acceptors (Lipinski definition) is 8. The molecule has 0 fully saturated rings. The van der Waals surface area contributed by atoms with Gasteiger partial charge >= 0.3 is 5.69 Å². The first-order valence-corrected chi connectivity index (χ1v) is 9.42. The lowest BCUT2D eigenvalue weighted by atomic mass is 10.1. The van der Waals surface area contributed by atoms with E-state index in [2.05, 4.69) is 20.5 Å². The highest BCUT2D eigenvalue weighted by Crippen LogP contribution is 2.38. The molecule has 2 N–H and O–H groups in total. The molecule has 0 unspecified atom stereocenters. The smallest absolute Gasteiger partial charge is 0.315 e. The maximum atomic E-state index is 11.6. The number of hydrazone groups is 1. The van der Waals surface area contributed by atoms with E-state index >= 15 is 0 Å². The summed E-state index contributed by atoms with van der Waals surface area (Å²) in [7, 11) is 1.40. The van der Waals surface area contributed by atoms with Crippen molar-refractivity contribution in [1.29, 1.82) is 0 Å². The Kier molecular flexibility index (Phi) is 6.94. The quantitative estimate of drug-likeness (QED) is 0.307. The van der Waals surface area contributed by atoms with Gasteiger partial charge in [-0.15, -0.1) is 0 Å². The summed E-state index contributed by atoms with van der Waals surface area (Å²) in [4.78, 5) is 29.4. The van der Waals surface area contributed by atoms with Crippen molar-refractivity contribution in [2.24, 2.45) is 5.10 Å². The summed E-state index contributed by atoms with van der Waals surface area (Å²) in [6.07, 6.45) is 1.95. The van der Waals surface area contributed by atoms with Gasteiger partial charge in [-0.3, -0.25) is 19.9 Å². The van der Waals surface area contributed by atoms with E-state index < -0.39 is 4.92 Å². The normalized spacial score (nSPS) is 10.8. The van der Waals surface area contributed by atoms with Gasteiger partial charge in [-0.05, 0) is 18.1 Å². The molecule has 0 aliphatic rings. The number of methoxy groups -OCH3 is 1. The van der Waals surface area contributed by atoms with Crippen LogP contribution in [0.2, 0.25) is 0 Å². The third-order valence-electron chi connectivity index (χ3n) is 4.24. The molecule has 3 aromatic rings. The summed E-state index contributed by atoms with van der Waals surface area (Å²) in [5.41, 5.74) is 3.93. The summed E-state index contributed by atoms with van der Waals surface area (Å²) in [6.45, 7) is 2.03. The molecule has 10 heteroatoms. The molecule has 0 saturated carbocycles. The van der Waals surface area contributed by atoms with E-state index in [-0.39, 0.29) is 35.3 Å². The number of hydrogen-bond donors (Lipinski definition) is 2. The zero-order valence-corrected chi connectivity index (χ0v) is 17.0. The summed E-state index contributed by atoms with van der Waals surface area (Å²) in [6, 6.07) is 13.6. The van der Waals surface area contributed by atoms with Crippen LogP contribution in [0, 0.1) is 10.1 Å². The Morgan fingerprint density at radius 2 is 2.03 bits per heavy atom. The second kappa shape index (κ2) is 10.0. The minimum absolute atomic E-state index is 0.0307. The summed E-state index contributed by atoms with van der Waals surface area (Å²) in [5.74, 6) is 0.402. The minimum Gasteiger partial charge on any atom is -0.493 e. The highest BCUT2D eigenvalue weighted by Gasteiger charge is 2.22. The number of anilines is 1. The van der Waals surface area contributed by atoms with Gasteiger partial charge in [0.1, 0.15) is 6.61 Å². The summed E-state index contributed by atoms with van der Waals surface area (Å²) >= 11 is 0. The lowest BCUT2D eigenvalue weighted by Gasteiger charge is -2.12. The SMILES string of the molecule is CCc1cc(=O)[nH]c(N/N=C\c2cc(OC)c(OCc3ccccc3)c([N+](=O)[O-])c2)n1. The zero-order valence-electron chi connectivity index (χ0n) is 17.0. The average molecular weight is 423 g/mol. The van der Waals surface area contributed by atoms with Gasteiger partial charge in [0.2, 0.25) is 11.7 Å². The molecule has 160 valence electrons. The number of nitro benzene ring substituents is 1. The Labute approximate surface area is 177 Å². The molecule has 1 heterocycles. The predicted octanol–water partition coefficient (Wildman–Crippen LogP) is 3.27. The summed E-state index contributed by atoms with van der Waals surface area (Å²) in [5, 5.41) is 15.6. The number of aryl methyl sites for hydroxylation is 1. The molecule has 0 aliphatic carbocycles. The van der Waals surface area contributed by atoms with Crippen LogP contribution in [0.1, 0.15) is 23.7 Å². The van der Waals surface area contributed by atoms with E-state index in [4.69, 9.17) is 9.47 Å². The van der Waals surface area contributed by atoms with E-state index in [1.54, 1.807) is 6.07 Å². The average Bonchev–Trinajstić information content (AvgIpc) is 2.77. The van der Waals surface area contributed by atoms with Crippen molar-refractivity contribution in [3.63, 3.8) is 0 Å². The fraction of sp³-hybridized carbons (Fsp3) is 0.190.